The molecule has 24 heavy (non-hydrogen) atoms. The molecule has 0 aliphatic rings. The van der Waals surface area contributed by atoms with E-state index in [9.17, 15) is 0 Å². The zero-order valence-corrected chi connectivity index (χ0v) is 13.9. The van der Waals surface area contributed by atoms with Crippen LogP contribution in [0.5, 0.6) is 0 Å². The highest BCUT2D eigenvalue weighted by Gasteiger charge is 2.12. The number of benzene rings is 1. The second-order valence-corrected chi connectivity index (χ2v) is 6.84. The van der Waals surface area contributed by atoms with E-state index >= 15 is 0 Å². The number of nitrogens with zero attached hydrogens (tertiary/aromatic N) is 4. The molecule has 7 nitrogen and oxygen atoms in total. The Morgan fingerprint density at radius 1 is 1.08 bits per heavy atom. The van der Waals surface area contributed by atoms with Gasteiger partial charge in [0, 0.05) is 5.69 Å². The van der Waals surface area contributed by atoms with Crippen molar-refractivity contribution < 1.29 is 8.94 Å². The molecule has 0 saturated carbocycles. The van der Waals surface area contributed by atoms with Gasteiger partial charge in [-0.1, -0.05) is 46.5 Å². The first kappa shape index (κ1) is 14.9. The van der Waals surface area contributed by atoms with Crippen LogP contribution in [0.2, 0.25) is 0 Å². The molecular formula is C15H11N5O2S2. The maximum absolute atomic E-state index is 5.24. The lowest BCUT2D eigenvalue weighted by molar-refractivity contribution is 0.390. The van der Waals surface area contributed by atoms with E-state index in [2.05, 4.69) is 25.7 Å². The highest BCUT2D eigenvalue weighted by molar-refractivity contribution is 8.00. The van der Waals surface area contributed by atoms with Crippen molar-refractivity contribution in [2.24, 2.45) is 0 Å². The molecule has 0 atom stereocenters. The molecule has 3 aromatic heterocycles. The van der Waals surface area contributed by atoms with E-state index in [4.69, 9.17) is 8.94 Å². The van der Waals surface area contributed by atoms with E-state index in [0.29, 0.717) is 23.2 Å². The van der Waals surface area contributed by atoms with Gasteiger partial charge in [-0.3, -0.25) is 0 Å². The molecule has 0 radical (unpaired) electrons. The molecule has 0 unspecified atom stereocenters. The largest absolute Gasteiger partial charge is 0.461 e. The molecule has 9 heteroatoms. The molecular weight excluding hydrogens is 346 g/mol. The Kier molecular flexibility index (Phi) is 4.26. The van der Waals surface area contributed by atoms with Crippen molar-refractivity contribution in [3.8, 4) is 11.6 Å². The van der Waals surface area contributed by atoms with Gasteiger partial charge in [-0.25, -0.2) is 0 Å². The van der Waals surface area contributed by atoms with E-state index in [0.717, 1.165) is 15.2 Å². The molecule has 0 amide bonds. The summed E-state index contributed by atoms with van der Waals surface area (Å²) >= 11 is 2.97. The predicted octanol–water partition coefficient (Wildman–Crippen LogP) is 4.22. The maximum atomic E-state index is 5.24. The first-order chi connectivity index (χ1) is 11.9. The van der Waals surface area contributed by atoms with Gasteiger partial charge >= 0.3 is 0 Å². The standard InChI is InChI=1S/C15H11N5O2S2/c1-2-5-10(6-3-1)16-14-18-19-15(24-14)23-9-12-17-13(20-22-12)11-7-4-8-21-11/h1-8H,9H2,(H,16,18). The first-order valence-electron chi connectivity index (χ1n) is 7.02. The van der Waals surface area contributed by atoms with Gasteiger partial charge in [-0.2, -0.15) is 4.98 Å². The first-order valence-corrected chi connectivity index (χ1v) is 8.82. The average Bonchev–Trinajstić information content (AvgIpc) is 3.35. The SMILES string of the molecule is c1ccc(Nc2nnc(SCc3nc(-c4ccco4)no3)s2)cc1. The third-order valence-corrected chi connectivity index (χ3v) is 4.92. The normalized spacial score (nSPS) is 10.8. The predicted molar refractivity (Wildman–Crippen MR) is 91.2 cm³/mol. The molecule has 0 fully saturated rings. The summed E-state index contributed by atoms with van der Waals surface area (Å²) in [5.41, 5.74) is 0.977. The fourth-order valence-corrected chi connectivity index (χ4v) is 3.52. The van der Waals surface area contributed by atoms with Crippen molar-refractivity contribution in [3.63, 3.8) is 0 Å². The van der Waals surface area contributed by atoms with Crippen molar-refractivity contribution in [2.45, 2.75) is 10.1 Å². The zero-order chi connectivity index (χ0) is 16.2. The van der Waals surface area contributed by atoms with Crippen LogP contribution in [0.3, 0.4) is 0 Å². The summed E-state index contributed by atoms with van der Waals surface area (Å²) in [7, 11) is 0. The van der Waals surface area contributed by atoms with Crippen LogP contribution >= 0.6 is 23.1 Å². The van der Waals surface area contributed by atoms with Gasteiger partial charge < -0.3 is 14.3 Å². The van der Waals surface area contributed by atoms with Gasteiger partial charge in [0.25, 0.3) is 0 Å². The fourth-order valence-electron chi connectivity index (χ4n) is 1.91. The number of nitrogens with one attached hydrogen (secondary N) is 1. The summed E-state index contributed by atoms with van der Waals surface area (Å²) < 4.78 is 11.3. The number of hydrogen-bond donors (Lipinski definition) is 1. The molecule has 3 heterocycles. The van der Waals surface area contributed by atoms with Crippen molar-refractivity contribution in [1.29, 1.82) is 0 Å². The van der Waals surface area contributed by atoms with Crippen molar-refractivity contribution in [2.75, 3.05) is 5.32 Å². The Hall–Kier alpha value is -2.65. The number of anilines is 2. The van der Waals surface area contributed by atoms with Crippen LogP contribution in [-0.4, -0.2) is 20.3 Å². The van der Waals surface area contributed by atoms with E-state index in [1.54, 1.807) is 18.4 Å². The Labute approximate surface area is 145 Å². The third-order valence-electron chi connectivity index (χ3n) is 2.96. The van der Waals surface area contributed by atoms with Crippen LogP contribution in [0.4, 0.5) is 10.8 Å². The quantitative estimate of drug-likeness (QED) is 0.513. The smallest absolute Gasteiger partial charge is 0.238 e. The second kappa shape index (κ2) is 6.85. The number of para-hydroxylation sites is 1. The van der Waals surface area contributed by atoms with Crippen LogP contribution in [0, 0.1) is 0 Å². The average molecular weight is 357 g/mol. The van der Waals surface area contributed by atoms with Crippen molar-refractivity contribution in [3.05, 3.63) is 54.6 Å². The summed E-state index contributed by atoms with van der Waals surface area (Å²) in [6.45, 7) is 0. The number of hydrogen-bond acceptors (Lipinski definition) is 9. The third kappa shape index (κ3) is 3.47. The van der Waals surface area contributed by atoms with Gasteiger partial charge in [0.05, 0.1) is 12.0 Å². The van der Waals surface area contributed by atoms with Crippen LogP contribution in [0.25, 0.3) is 11.6 Å². The molecule has 0 saturated heterocycles. The van der Waals surface area contributed by atoms with Crippen LogP contribution < -0.4 is 5.32 Å². The molecule has 1 aromatic carbocycles. The monoisotopic (exact) mass is 357 g/mol. The molecule has 1 N–H and O–H groups in total. The minimum Gasteiger partial charge on any atom is -0.461 e. The number of rotatable bonds is 6. The minimum absolute atomic E-state index is 0.444. The lowest BCUT2D eigenvalue weighted by Crippen LogP contribution is -1.87. The summed E-state index contributed by atoms with van der Waals surface area (Å²) in [6, 6.07) is 13.4. The molecule has 0 bridgehead atoms. The summed E-state index contributed by atoms with van der Waals surface area (Å²) in [5.74, 6) is 2.06. The summed E-state index contributed by atoms with van der Waals surface area (Å²) in [6.07, 6.45) is 1.57. The maximum Gasteiger partial charge on any atom is 0.238 e. The Bertz CT molecular complexity index is 905. The lowest BCUT2D eigenvalue weighted by atomic mass is 10.3. The van der Waals surface area contributed by atoms with Gasteiger partial charge in [0.1, 0.15) is 0 Å². The molecule has 0 aliphatic carbocycles. The van der Waals surface area contributed by atoms with Gasteiger partial charge in [0.2, 0.25) is 16.8 Å². The highest BCUT2D eigenvalue weighted by Crippen LogP contribution is 2.30. The zero-order valence-electron chi connectivity index (χ0n) is 12.2. The highest BCUT2D eigenvalue weighted by atomic mass is 32.2. The Balaban J connectivity index is 1.36. The van der Waals surface area contributed by atoms with Crippen LogP contribution in [0.1, 0.15) is 5.89 Å². The van der Waals surface area contributed by atoms with Crippen molar-refractivity contribution >= 4 is 33.9 Å². The molecule has 0 spiro atoms. The van der Waals surface area contributed by atoms with E-state index in [1.807, 2.05) is 30.3 Å². The molecule has 4 rings (SSSR count). The van der Waals surface area contributed by atoms with Gasteiger partial charge in [-0.15, -0.1) is 10.2 Å². The molecule has 120 valence electrons. The topological polar surface area (TPSA) is 89.9 Å². The lowest BCUT2D eigenvalue weighted by Gasteiger charge is -1.99. The molecule has 0 aliphatic heterocycles. The second-order valence-electron chi connectivity index (χ2n) is 4.64. The van der Waals surface area contributed by atoms with E-state index in [1.165, 1.54) is 23.1 Å². The minimum atomic E-state index is 0.444. The van der Waals surface area contributed by atoms with Gasteiger partial charge in [-0.05, 0) is 24.3 Å². The van der Waals surface area contributed by atoms with Crippen molar-refractivity contribution in [1.82, 2.24) is 20.3 Å². The van der Waals surface area contributed by atoms with E-state index in [-0.39, 0.29) is 0 Å². The number of furan rings is 1. The summed E-state index contributed by atoms with van der Waals surface area (Å²) in [4.78, 5) is 4.29. The van der Waals surface area contributed by atoms with Gasteiger partial charge in [0.15, 0.2) is 10.1 Å². The summed E-state index contributed by atoms with van der Waals surface area (Å²) in [5, 5.41) is 16.1. The Morgan fingerprint density at radius 2 is 2.00 bits per heavy atom. The van der Waals surface area contributed by atoms with Crippen LogP contribution in [-0.2, 0) is 5.75 Å². The molecule has 4 aromatic rings. The van der Waals surface area contributed by atoms with Crippen LogP contribution in [0.15, 0.2) is 62.0 Å². The number of thioether (sulfide) groups is 1. The Morgan fingerprint density at radius 3 is 2.83 bits per heavy atom. The fraction of sp³-hybridized carbons (Fsp3) is 0.0667. The van der Waals surface area contributed by atoms with E-state index < -0.39 is 0 Å². The number of aromatic nitrogens is 4.